The normalized spacial score (nSPS) is 24.0. The largest absolute Gasteiger partial charge is 0.397 e. The standard InChI is InChI=1S/C13H20N2/c1-13(2)9-5-8-12(13)15-11-7-4-3-6-10(11)14/h3-4,6-7,12,15H,5,8-9,14H2,1-2H3. The minimum Gasteiger partial charge on any atom is -0.397 e. The summed E-state index contributed by atoms with van der Waals surface area (Å²) in [5, 5.41) is 3.57. The lowest BCUT2D eigenvalue weighted by Gasteiger charge is -2.29. The van der Waals surface area contributed by atoms with Gasteiger partial charge in [0.1, 0.15) is 0 Å². The molecule has 0 radical (unpaired) electrons. The highest BCUT2D eigenvalue weighted by molar-refractivity contribution is 5.66. The summed E-state index contributed by atoms with van der Waals surface area (Å²) in [5.41, 5.74) is 8.24. The molecule has 1 atom stereocenters. The van der Waals surface area contributed by atoms with Crippen LogP contribution in [0, 0.1) is 5.41 Å². The van der Waals surface area contributed by atoms with Gasteiger partial charge in [0.05, 0.1) is 11.4 Å². The van der Waals surface area contributed by atoms with Gasteiger partial charge in [-0.3, -0.25) is 0 Å². The monoisotopic (exact) mass is 204 g/mol. The summed E-state index contributed by atoms with van der Waals surface area (Å²) in [6.45, 7) is 4.66. The summed E-state index contributed by atoms with van der Waals surface area (Å²) in [6.07, 6.45) is 3.87. The van der Waals surface area contributed by atoms with Crippen molar-refractivity contribution in [2.24, 2.45) is 5.41 Å². The number of nitrogens with two attached hydrogens (primary N) is 1. The molecule has 2 heteroatoms. The molecule has 1 saturated carbocycles. The maximum Gasteiger partial charge on any atom is 0.0576 e. The molecule has 3 N–H and O–H groups in total. The van der Waals surface area contributed by atoms with E-state index in [0.717, 1.165) is 11.4 Å². The molecule has 0 aromatic heterocycles. The Balaban J connectivity index is 2.12. The molecule has 15 heavy (non-hydrogen) atoms. The summed E-state index contributed by atoms with van der Waals surface area (Å²) in [7, 11) is 0. The SMILES string of the molecule is CC1(C)CCCC1Nc1ccccc1N. The second kappa shape index (κ2) is 3.76. The summed E-state index contributed by atoms with van der Waals surface area (Å²) in [5.74, 6) is 0. The average Bonchev–Trinajstić information content (AvgIpc) is 2.50. The van der Waals surface area contributed by atoms with Crippen LogP contribution >= 0.6 is 0 Å². The molecule has 0 bridgehead atoms. The van der Waals surface area contributed by atoms with Gasteiger partial charge in [0.2, 0.25) is 0 Å². The third-order valence-corrected chi connectivity index (χ3v) is 3.55. The third kappa shape index (κ3) is 2.09. The topological polar surface area (TPSA) is 38.0 Å². The zero-order chi connectivity index (χ0) is 10.9. The van der Waals surface area contributed by atoms with Gasteiger partial charge in [-0.1, -0.05) is 32.4 Å². The van der Waals surface area contributed by atoms with Crippen LogP contribution in [-0.2, 0) is 0 Å². The quantitative estimate of drug-likeness (QED) is 0.726. The van der Waals surface area contributed by atoms with Crippen molar-refractivity contribution in [3.8, 4) is 0 Å². The Morgan fingerprint density at radius 1 is 1.33 bits per heavy atom. The van der Waals surface area contributed by atoms with Gasteiger partial charge in [-0.15, -0.1) is 0 Å². The van der Waals surface area contributed by atoms with Crippen molar-refractivity contribution in [1.82, 2.24) is 0 Å². The van der Waals surface area contributed by atoms with Crippen LogP contribution in [0.25, 0.3) is 0 Å². The molecule has 1 aliphatic carbocycles. The Morgan fingerprint density at radius 3 is 2.67 bits per heavy atom. The van der Waals surface area contributed by atoms with E-state index >= 15 is 0 Å². The van der Waals surface area contributed by atoms with Crippen molar-refractivity contribution in [1.29, 1.82) is 0 Å². The van der Waals surface area contributed by atoms with E-state index in [4.69, 9.17) is 5.73 Å². The predicted octanol–water partition coefficient (Wildman–Crippen LogP) is 3.26. The third-order valence-electron chi connectivity index (χ3n) is 3.55. The lowest BCUT2D eigenvalue weighted by Crippen LogP contribution is -2.31. The minimum absolute atomic E-state index is 0.391. The molecule has 0 spiro atoms. The highest BCUT2D eigenvalue weighted by Crippen LogP contribution is 2.39. The Kier molecular flexibility index (Phi) is 2.59. The van der Waals surface area contributed by atoms with Gasteiger partial charge in [0.15, 0.2) is 0 Å². The molecule has 2 nitrogen and oxygen atoms in total. The van der Waals surface area contributed by atoms with Gasteiger partial charge >= 0.3 is 0 Å². The zero-order valence-corrected chi connectivity index (χ0v) is 9.59. The number of rotatable bonds is 2. The molecule has 1 aromatic carbocycles. The van der Waals surface area contributed by atoms with Crippen molar-refractivity contribution in [3.63, 3.8) is 0 Å². The van der Waals surface area contributed by atoms with Crippen LogP contribution in [0.1, 0.15) is 33.1 Å². The van der Waals surface area contributed by atoms with Gasteiger partial charge < -0.3 is 11.1 Å². The molecule has 0 saturated heterocycles. The summed E-state index contributed by atoms with van der Waals surface area (Å²) in [6, 6.07) is 8.57. The fourth-order valence-electron chi connectivity index (χ4n) is 2.41. The van der Waals surface area contributed by atoms with Crippen LogP contribution in [0.3, 0.4) is 0 Å². The van der Waals surface area contributed by atoms with E-state index in [0.29, 0.717) is 11.5 Å². The van der Waals surface area contributed by atoms with Gasteiger partial charge in [-0.05, 0) is 30.4 Å². The number of nitrogen functional groups attached to an aromatic ring is 1. The molecular weight excluding hydrogens is 184 g/mol. The van der Waals surface area contributed by atoms with Crippen LogP contribution < -0.4 is 11.1 Å². The molecule has 0 aliphatic heterocycles. The Hall–Kier alpha value is -1.18. The second-order valence-corrected chi connectivity index (χ2v) is 5.16. The Morgan fingerprint density at radius 2 is 2.07 bits per heavy atom. The zero-order valence-electron chi connectivity index (χ0n) is 9.59. The van der Waals surface area contributed by atoms with E-state index in [2.05, 4.69) is 25.2 Å². The van der Waals surface area contributed by atoms with Crippen LogP contribution in [0.15, 0.2) is 24.3 Å². The minimum atomic E-state index is 0.391. The molecule has 0 heterocycles. The van der Waals surface area contributed by atoms with Gasteiger partial charge in [0, 0.05) is 6.04 Å². The summed E-state index contributed by atoms with van der Waals surface area (Å²) < 4.78 is 0. The average molecular weight is 204 g/mol. The van der Waals surface area contributed by atoms with Crippen LogP contribution in [-0.4, -0.2) is 6.04 Å². The molecule has 0 amide bonds. The number of benzene rings is 1. The lowest BCUT2D eigenvalue weighted by atomic mass is 9.87. The Bertz CT molecular complexity index is 344. The maximum atomic E-state index is 5.92. The van der Waals surface area contributed by atoms with Crippen molar-refractivity contribution in [2.45, 2.75) is 39.2 Å². The number of hydrogen-bond donors (Lipinski definition) is 2. The van der Waals surface area contributed by atoms with Crippen molar-refractivity contribution >= 4 is 11.4 Å². The highest BCUT2D eigenvalue weighted by Gasteiger charge is 2.34. The first-order valence-electron chi connectivity index (χ1n) is 5.71. The fraction of sp³-hybridized carbons (Fsp3) is 0.538. The van der Waals surface area contributed by atoms with E-state index < -0.39 is 0 Å². The van der Waals surface area contributed by atoms with Crippen LogP contribution in [0.2, 0.25) is 0 Å². The van der Waals surface area contributed by atoms with Crippen LogP contribution in [0.4, 0.5) is 11.4 Å². The fourth-order valence-corrected chi connectivity index (χ4v) is 2.41. The molecule has 1 unspecified atom stereocenters. The van der Waals surface area contributed by atoms with Gasteiger partial charge in [-0.2, -0.15) is 0 Å². The predicted molar refractivity (Wildman–Crippen MR) is 65.9 cm³/mol. The molecule has 1 aliphatic rings. The molecule has 82 valence electrons. The first-order chi connectivity index (χ1) is 7.09. The summed E-state index contributed by atoms with van der Waals surface area (Å²) in [4.78, 5) is 0. The van der Waals surface area contributed by atoms with E-state index in [1.165, 1.54) is 19.3 Å². The first kappa shape index (κ1) is 10.3. The molecule has 2 rings (SSSR count). The maximum absolute atomic E-state index is 5.92. The smallest absolute Gasteiger partial charge is 0.0576 e. The highest BCUT2D eigenvalue weighted by atomic mass is 15.0. The number of anilines is 2. The van der Waals surface area contributed by atoms with Crippen molar-refractivity contribution in [2.75, 3.05) is 11.1 Å². The first-order valence-corrected chi connectivity index (χ1v) is 5.71. The summed E-state index contributed by atoms with van der Waals surface area (Å²) >= 11 is 0. The number of para-hydroxylation sites is 2. The molecule has 1 fully saturated rings. The van der Waals surface area contributed by atoms with E-state index in [-0.39, 0.29) is 0 Å². The lowest BCUT2D eigenvalue weighted by molar-refractivity contribution is 0.350. The van der Waals surface area contributed by atoms with E-state index in [9.17, 15) is 0 Å². The van der Waals surface area contributed by atoms with E-state index in [1.54, 1.807) is 0 Å². The molecule has 1 aromatic rings. The van der Waals surface area contributed by atoms with Crippen LogP contribution in [0.5, 0.6) is 0 Å². The van der Waals surface area contributed by atoms with Crippen molar-refractivity contribution in [3.05, 3.63) is 24.3 Å². The molecular formula is C13H20N2. The van der Waals surface area contributed by atoms with E-state index in [1.807, 2.05) is 18.2 Å². The van der Waals surface area contributed by atoms with Gasteiger partial charge in [-0.25, -0.2) is 0 Å². The number of hydrogen-bond acceptors (Lipinski definition) is 2. The number of nitrogens with one attached hydrogen (secondary N) is 1. The Labute approximate surface area is 91.9 Å². The van der Waals surface area contributed by atoms with Gasteiger partial charge in [0.25, 0.3) is 0 Å². The van der Waals surface area contributed by atoms with Crippen molar-refractivity contribution < 1.29 is 0 Å². The second-order valence-electron chi connectivity index (χ2n) is 5.16.